The summed E-state index contributed by atoms with van der Waals surface area (Å²) < 4.78 is 79.2. The van der Waals surface area contributed by atoms with Gasteiger partial charge in [-0.1, -0.05) is 42.5 Å². The lowest BCUT2D eigenvalue weighted by atomic mass is 9.81. The molecule has 208 valence electrons. The molecule has 0 saturated carbocycles. The van der Waals surface area contributed by atoms with Gasteiger partial charge in [-0.3, -0.25) is 4.90 Å². The number of rotatable bonds is 6. The fraction of sp³-hybridized carbons (Fsp3) is 0.400. The smallest absolute Gasteiger partial charge is 0.416 e. The van der Waals surface area contributed by atoms with Crippen LogP contribution in [0, 0.1) is 5.82 Å². The minimum Gasteiger partial charge on any atom is -0.496 e. The largest absolute Gasteiger partial charge is 0.496 e. The van der Waals surface area contributed by atoms with Gasteiger partial charge in [0.1, 0.15) is 22.9 Å². The van der Waals surface area contributed by atoms with Gasteiger partial charge < -0.3 is 18.9 Å². The first-order valence-corrected chi connectivity index (χ1v) is 12.7. The molecule has 3 aromatic rings. The molecule has 39 heavy (non-hydrogen) atoms. The normalized spacial score (nSPS) is 26.6. The Morgan fingerprint density at radius 1 is 0.974 bits per heavy atom. The molecule has 1 spiro atoms. The fourth-order valence-electron chi connectivity index (χ4n) is 5.97. The van der Waals surface area contributed by atoms with E-state index in [9.17, 15) is 17.6 Å². The van der Waals surface area contributed by atoms with E-state index in [-0.39, 0.29) is 55.5 Å². The zero-order valence-corrected chi connectivity index (χ0v) is 22.0. The van der Waals surface area contributed by atoms with E-state index in [0.717, 1.165) is 23.3 Å². The van der Waals surface area contributed by atoms with Crippen molar-refractivity contribution in [3.05, 3.63) is 101 Å². The predicted molar refractivity (Wildman–Crippen MR) is 137 cm³/mol. The Labute approximate surface area is 225 Å². The van der Waals surface area contributed by atoms with Crippen molar-refractivity contribution in [3.63, 3.8) is 0 Å². The van der Waals surface area contributed by atoms with E-state index in [1.807, 2.05) is 30.3 Å². The van der Waals surface area contributed by atoms with Crippen molar-refractivity contribution in [2.75, 3.05) is 34.0 Å². The third-order valence-electron chi connectivity index (χ3n) is 7.90. The molecule has 0 N–H and O–H groups in total. The third kappa shape index (κ3) is 5.04. The van der Waals surface area contributed by atoms with Gasteiger partial charge in [-0.15, -0.1) is 0 Å². The predicted octanol–water partition coefficient (Wildman–Crippen LogP) is 6.65. The zero-order chi connectivity index (χ0) is 27.8. The highest BCUT2D eigenvalue weighted by Gasteiger charge is 2.58. The van der Waals surface area contributed by atoms with E-state index < -0.39 is 23.1 Å². The highest BCUT2D eigenvalue weighted by Crippen LogP contribution is 2.52. The van der Waals surface area contributed by atoms with Crippen LogP contribution < -0.4 is 4.74 Å². The molecule has 5 nitrogen and oxygen atoms in total. The number of halogens is 4. The van der Waals surface area contributed by atoms with Crippen molar-refractivity contribution in [2.45, 2.75) is 42.9 Å². The molecule has 0 aliphatic carbocycles. The van der Waals surface area contributed by atoms with Crippen LogP contribution in [0.3, 0.4) is 0 Å². The molecule has 2 aliphatic heterocycles. The molecule has 3 aromatic carbocycles. The Hall–Kier alpha value is -2.98. The fourth-order valence-corrected chi connectivity index (χ4v) is 5.97. The van der Waals surface area contributed by atoms with Gasteiger partial charge in [0.25, 0.3) is 0 Å². The molecule has 0 bridgehead atoms. The highest BCUT2D eigenvalue weighted by atomic mass is 19.4. The average Bonchev–Trinajstić information content (AvgIpc) is 3.30. The maximum Gasteiger partial charge on any atom is 0.416 e. The molecule has 0 aromatic heterocycles. The number of ether oxygens (including phenoxy) is 4. The molecule has 2 fully saturated rings. The van der Waals surface area contributed by atoms with Crippen LogP contribution in [0.4, 0.5) is 17.6 Å². The molecule has 2 heterocycles. The number of benzene rings is 3. The van der Waals surface area contributed by atoms with Gasteiger partial charge in [0.15, 0.2) is 0 Å². The number of hydrogen-bond donors (Lipinski definition) is 0. The van der Waals surface area contributed by atoms with Crippen LogP contribution in [0.25, 0.3) is 0 Å². The summed E-state index contributed by atoms with van der Waals surface area (Å²) in [5.74, 6) is -0.0766. The second kappa shape index (κ2) is 10.5. The summed E-state index contributed by atoms with van der Waals surface area (Å²) in [4.78, 5) is 2.18. The lowest BCUT2D eigenvalue weighted by Gasteiger charge is -2.51. The number of methoxy groups -OCH3 is 2. The van der Waals surface area contributed by atoms with Gasteiger partial charge in [-0.2, -0.15) is 13.2 Å². The van der Waals surface area contributed by atoms with Gasteiger partial charge in [0.2, 0.25) is 0 Å². The summed E-state index contributed by atoms with van der Waals surface area (Å²) in [6.45, 7) is 2.53. The molecule has 9 heteroatoms. The van der Waals surface area contributed by atoms with Crippen LogP contribution in [-0.2, 0) is 26.0 Å². The Morgan fingerprint density at radius 3 is 2.33 bits per heavy atom. The minimum atomic E-state index is -4.55. The van der Waals surface area contributed by atoms with Crippen molar-refractivity contribution in [1.82, 2.24) is 4.90 Å². The summed E-state index contributed by atoms with van der Waals surface area (Å²) in [5, 5.41) is 0. The summed E-state index contributed by atoms with van der Waals surface area (Å²) in [5.41, 5.74) is -1.03. The maximum absolute atomic E-state index is 13.8. The van der Waals surface area contributed by atoms with Gasteiger partial charge in [0, 0.05) is 25.1 Å². The van der Waals surface area contributed by atoms with Crippen molar-refractivity contribution in [1.29, 1.82) is 0 Å². The monoisotopic (exact) mass is 545 g/mol. The second-order valence-electron chi connectivity index (χ2n) is 10.1. The van der Waals surface area contributed by atoms with Crippen LogP contribution in [0.5, 0.6) is 5.75 Å². The first-order valence-electron chi connectivity index (χ1n) is 12.7. The first kappa shape index (κ1) is 27.6. The van der Waals surface area contributed by atoms with E-state index in [4.69, 9.17) is 18.9 Å². The van der Waals surface area contributed by atoms with Crippen LogP contribution in [-0.4, -0.2) is 44.7 Å². The SMILES string of the molecule is COc1ccc(C(F)(F)F)cc1[C@@]1(OC)COCC2(C1)OC[C@H](c1ccc(F)cc1)N2[C@H](C)c1ccccc1. The van der Waals surface area contributed by atoms with E-state index >= 15 is 0 Å². The summed E-state index contributed by atoms with van der Waals surface area (Å²) in [6.07, 6.45) is -4.36. The van der Waals surface area contributed by atoms with Crippen molar-refractivity contribution < 1.29 is 36.5 Å². The average molecular weight is 546 g/mol. The summed E-state index contributed by atoms with van der Waals surface area (Å²) >= 11 is 0. The van der Waals surface area contributed by atoms with E-state index in [1.54, 1.807) is 12.1 Å². The molecule has 2 saturated heterocycles. The first-order chi connectivity index (χ1) is 18.6. The Morgan fingerprint density at radius 2 is 1.69 bits per heavy atom. The molecule has 0 amide bonds. The number of nitrogens with zero attached hydrogens (tertiary/aromatic N) is 1. The number of alkyl halides is 3. The summed E-state index contributed by atoms with van der Waals surface area (Å²) in [7, 11) is 2.87. The molecule has 1 unspecified atom stereocenters. The van der Waals surface area contributed by atoms with Crippen LogP contribution in [0.2, 0.25) is 0 Å². The Balaban J connectivity index is 1.62. The van der Waals surface area contributed by atoms with Gasteiger partial charge in [-0.25, -0.2) is 4.39 Å². The molecular weight excluding hydrogens is 514 g/mol. The second-order valence-corrected chi connectivity index (χ2v) is 10.1. The van der Waals surface area contributed by atoms with Crippen molar-refractivity contribution in [3.8, 4) is 5.75 Å². The van der Waals surface area contributed by atoms with E-state index in [2.05, 4.69) is 11.8 Å². The minimum absolute atomic E-state index is 0.0149. The van der Waals surface area contributed by atoms with Crippen molar-refractivity contribution in [2.24, 2.45) is 0 Å². The van der Waals surface area contributed by atoms with Crippen molar-refractivity contribution >= 4 is 0 Å². The number of hydrogen-bond acceptors (Lipinski definition) is 5. The molecule has 2 aliphatic rings. The standard InChI is InChI=1S/C30H31F4NO4/c1-20(21-7-5-4-6-8-21)35-26(22-9-12-24(31)13-10-22)16-39-29(35)17-28(37-3,18-38-19-29)25-15-23(30(32,33)34)11-14-27(25)36-2/h4-15,20,26H,16-19H2,1-3H3/t20-,26-,28+,29?/m1/s1. The Kier molecular flexibility index (Phi) is 7.45. The van der Waals surface area contributed by atoms with Gasteiger partial charge in [0.05, 0.1) is 38.5 Å². The zero-order valence-electron chi connectivity index (χ0n) is 22.0. The molecule has 4 atom stereocenters. The molecule has 0 radical (unpaired) electrons. The van der Waals surface area contributed by atoms with Gasteiger partial charge in [-0.05, 0) is 48.4 Å². The van der Waals surface area contributed by atoms with Gasteiger partial charge >= 0.3 is 6.18 Å². The summed E-state index contributed by atoms with van der Waals surface area (Å²) in [6, 6.07) is 19.1. The van der Waals surface area contributed by atoms with Crippen LogP contribution in [0.1, 0.15) is 47.7 Å². The van der Waals surface area contributed by atoms with Crippen LogP contribution in [0.15, 0.2) is 72.8 Å². The topological polar surface area (TPSA) is 40.2 Å². The Bertz CT molecular complexity index is 1290. The van der Waals surface area contributed by atoms with Crippen LogP contribution >= 0.6 is 0 Å². The lowest BCUT2D eigenvalue weighted by Crippen LogP contribution is -2.59. The highest BCUT2D eigenvalue weighted by molar-refractivity contribution is 5.43. The van der Waals surface area contributed by atoms with E-state index in [1.165, 1.54) is 32.4 Å². The molecular formula is C30H31F4NO4. The lowest BCUT2D eigenvalue weighted by molar-refractivity contribution is -0.243. The molecule has 5 rings (SSSR count). The maximum atomic E-state index is 13.8. The quantitative estimate of drug-likeness (QED) is 0.325. The van der Waals surface area contributed by atoms with E-state index in [0.29, 0.717) is 0 Å². The third-order valence-corrected chi connectivity index (χ3v) is 7.90.